The maximum Gasteiger partial charge on any atom is 0.0768 e. The molecule has 4 heteroatoms. The van der Waals surface area contributed by atoms with Crippen molar-refractivity contribution in [3.63, 3.8) is 0 Å². The highest BCUT2D eigenvalue weighted by Crippen LogP contribution is 1.95. The molecule has 0 radical (unpaired) electrons. The summed E-state index contributed by atoms with van der Waals surface area (Å²) in [6.07, 6.45) is 0.979. The van der Waals surface area contributed by atoms with Crippen LogP contribution in [0.3, 0.4) is 0 Å². The fraction of sp³-hybridized carbons (Fsp3) is 0.600. The summed E-state index contributed by atoms with van der Waals surface area (Å²) in [5.41, 5.74) is 1.08. The van der Waals surface area contributed by atoms with E-state index in [4.69, 9.17) is 0 Å². The van der Waals surface area contributed by atoms with E-state index in [2.05, 4.69) is 14.9 Å². The van der Waals surface area contributed by atoms with Crippen molar-refractivity contribution in [3.05, 3.63) is 11.1 Å². The Kier molecular flexibility index (Phi) is 2.60. The molecule has 0 aliphatic heterocycles. The summed E-state index contributed by atoms with van der Waals surface area (Å²) >= 11 is 1.40. The van der Waals surface area contributed by atoms with E-state index in [-0.39, 0.29) is 0 Å². The van der Waals surface area contributed by atoms with Gasteiger partial charge >= 0.3 is 0 Å². The molecule has 0 unspecified atom stereocenters. The van der Waals surface area contributed by atoms with Gasteiger partial charge in [0, 0.05) is 18.3 Å². The lowest BCUT2D eigenvalue weighted by molar-refractivity contribution is 0.773. The lowest BCUT2D eigenvalue weighted by Crippen LogP contribution is -2.10. The van der Waals surface area contributed by atoms with Crippen molar-refractivity contribution in [2.24, 2.45) is 0 Å². The zero-order valence-electron chi connectivity index (χ0n) is 5.29. The molecule has 0 aliphatic carbocycles. The fourth-order valence-corrected chi connectivity index (χ4v) is 1.03. The quantitative estimate of drug-likeness (QED) is 0.661. The van der Waals surface area contributed by atoms with E-state index in [1.807, 2.05) is 12.4 Å². The summed E-state index contributed by atoms with van der Waals surface area (Å²) in [5.74, 6) is 0. The van der Waals surface area contributed by atoms with Gasteiger partial charge in [0.15, 0.2) is 0 Å². The van der Waals surface area contributed by atoms with Crippen molar-refractivity contribution in [1.82, 2.24) is 14.9 Å². The second-order valence-corrected chi connectivity index (χ2v) is 2.36. The van der Waals surface area contributed by atoms with Crippen LogP contribution >= 0.6 is 11.5 Å². The molecule has 1 aromatic rings. The van der Waals surface area contributed by atoms with Gasteiger partial charge in [-0.1, -0.05) is 4.49 Å². The number of nitrogens with one attached hydrogen (secondary N) is 1. The second-order valence-electron chi connectivity index (χ2n) is 1.75. The van der Waals surface area contributed by atoms with Crippen molar-refractivity contribution in [3.8, 4) is 0 Å². The predicted octanol–water partition coefficient (Wildman–Crippen LogP) is 0.300. The smallest absolute Gasteiger partial charge is 0.0768 e. The van der Waals surface area contributed by atoms with E-state index in [1.54, 1.807) is 0 Å². The van der Waals surface area contributed by atoms with Gasteiger partial charge < -0.3 is 5.32 Å². The molecule has 1 aromatic heterocycles. The lowest BCUT2D eigenvalue weighted by Gasteiger charge is -1.91. The van der Waals surface area contributed by atoms with Gasteiger partial charge in [-0.3, -0.25) is 0 Å². The third-order valence-electron chi connectivity index (χ3n) is 1.04. The molecule has 1 N–H and O–H groups in total. The molecule has 0 amide bonds. The average molecular weight is 143 g/mol. The van der Waals surface area contributed by atoms with Gasteiger partial charge in [-0.15, -0.1) is 5.10 Å². The highest BCUT2D eigenvalue weighted by molar-refractivity contribution is 7.03. The predicted molar refractivity (Wildman–Crippen MR) is 37.5 cm³/mol. The van der Waals surface area contributed by atoms with E-state index >= 15 is 0 Å². The second kappa shape index (κ2) is 3.53. The Morgan fingerprint density at radius 1 is 1.78 bits per heavy atom. The van der Waals surface area contributed by atoms with Gasteiger partial charge in [0.1, 0.15) is 0 Å². The zero-order chi connectivity index (χ0) is 6.53. The Bertz CT molecular complexity index is 149. The fourth-order valence-electron chi connectivity index (χ4n) is 0.546. The Labute approximate surface area is 58.3 Å². The molecule has 0 atom stereocenters. The molecule has 0 aromatic carbocycles. The monoisotopic (exact) mass is 143 g/mol. The molecule has 1 heterocycles. The SMILES string of the molecule is CNCCc1csnn1. The van der Waals surface area contributed by atoms with Crippen molar-refractivity contribution < 1.29 is 0 Å². The summed E-state index contributed by atoms with van der Waals surface area (Å²) in [6.45, 7) is 0.978. The average Bonchev–Trinajstić information content (AvgIpc) is 2.34. The molecule has 0 saturated carbocycles. The van der Waals surface area contributed by atoms with Crippen molar-refractivity contribution in [2.75, 3.05) is 13.6 Å². The van der Waals surface area contributed by atoms with Crippen LogP contribution in [-0.2, 0) is 6.42 Å². The lowest BCUT2D eigenvalue weighted by atomic mass is 10.3. The first-order chi connectivity index (χ1) is 4.43. The summed E-state index contributed by atoms with van der Waals surface area (Å²) < 4.78 is 3.74. The number of likely N-dealkylation sites (N-methyl/N-ethyl adjacent to an activating group) is 1. The maximum absolute atomic E-state index is 3.88. The summed E-state index contributed by atoms with van der Waals surface area (Å²) in [5, 5.41) is 8.89. The van der Waals surface area contributed by atoms with Gasteiger partial charge in [0.2, 0.25) is 0 Å². The van der Waals surface area contributed by atoms with Crippen molar-refractivity contribution >= 4 is 11.5 Å². The Morgan fingerprint density at radius 3 is 3.22 bits per heavy atom. The Morgan fingerprint density at radius 2 is 2.67 bits per heavy atom. The minimum atomic E-state index is 0.978. The van der Waals surface area contributed by atoms with E-state index in [1.165, 1.54) is 11.5 Å². The van der Waals surface area contributed by atoms with Crippen LogP contribution in [0, 0.1) is 0 Å². The minimum absolute atomic E-state index is 0.978. The normalized spacial score (nSPS) is 9.89. The zero-order valence-corrected chi connectivity index (χ0v) is 6.11. The topological polar surface area (TPSA) is 37.8 Å². The number of aromatic nitrogens is 2. The van der Waals surface area contributed by atoms with Crippen molar-refractivity contribution in [1.29, 1.82) is 0 Å². The van der Waals surface area contributed by atoms with E-state index in [0.717, 1.165) is 18.7 Å². The standard InChI is InChI=1S/C5H9N3S/c1-6-3-2-5-4-9-8-7-5/h4,6H,2-3H2,1H3. The van der Waals surface area contributed by atoms with Crippen LogP contribution in [0.1, 0.15) is 5.69 Å². The summed E-state index contributed by atoms with van der Waals surface area (Å²) in [6, 6.07) is 0. The molecule has 0 bridgehead atoms. The highest BCUT2D eigenvalue weighted by Gasteiger charge is 1.92. The van der Waals surface area contributed by atoms with Crippen LogP contribution in [0.15, 0.2) is 5.38 Å². The number of hydrogen-bond donors (Lipinski definition) is 1. The molecule has 3 nitrogen and oxygen atoms in total. The van der Waals surface area contributed by atoms with Crippen LogP contribution < -0.4 is 5.32 Å². The molecule has 0 fully saturated rings. The van der Waals surface area contributed by atoms with Gasteiger partial charge in [0.05, 0.1) is 5.69 Å². The number of nitrogens with zero attached hydrogens (tertiary/aromatic N) is 2. The van der Waals surface area contributed by atoms with Gasteiger partial charge in [-0.25, -0.2) is 0 Å². The Hall–Kier alpha value is -0.480. The van der Waals surface area contributed by atoms with Gasteiger partial charge in [-0.05, 0) is 18.6 Å². The molecule has 0 saturated heterocycles. The molecule has 0 spiro atoms. The number of rotatable bonds is 3. The van der Waals surface area contributed by atoms with E-state index in [9.17, 15) is 0 Å². The van der Waals surface area contributed by atoms with Crippen LogP contribution in [0.2, 0.25) is 0 Å². The minimum Gasteiger partial charge on any atom is -0.319 e. The molecular weight excluding hydrogens is 134 g/mol. The van der Waals surface area contributed by atoms with Gasteiger partial charge in [-0.2, -0.15) is 0 Å². The third-order valence-corrected chi connectivity index (χ3v) is 1.59. The largest absolute Gasteiger partial charge is 0.319 e. The van der Waals surface area contributed by atoms with Crippen LogP contribution in [0.4, 0.5) is 0 Å². The molecule has 1 rings (SSSR count). The van der Waals surface area contributed by atoms with Crippen LogP contribution in [-0.4, -0.2) is 23.2 Å². The molecule has 9 heavy (non-hydrogen) atoms. The maximum atomic E-state index is 3.88. The first-order valence-electron chi connectivity index (χ1n) is 2.84. The molecule has 0 aliphatic rings. The van der Waals surface area contributed by atoms with Crippen LogP contribution in [0.25, 0.3) is 0 Å². The summed E-state index contributed by atoms with van der Waals surface area (Å²) in [7, 11) is 1.93. The van der Waals surface area contributed by atoms with Gasteiger partial charge in [0.25, 0.3) is 0 Å². The highest BCUT2D eigenvalue weighted by atomic mass is 32.1. The molecular formula is C5H9N3S. The Balaban J connectivity index is 2.30. The molecule has 50 valence electrons. The number of hydrogen-bond acceptors (Lipinski definition) is 4. The third kappa shape index (κ3) is 2.07. The van der Waals surface area contributed by atoms with E-state index in [0.29, 0.717) is 0 Å². The first-order valence-corrected chi connectivity index (χ1v) is 3.67. The first kappa shape index (κ1) is 6.64. The van der Waals surface area contributed by atoms with Crippen molar-refractivity contribution in [2.45, 2.75) is 6.42 Å². The van der Waals surface area contributed by atoms with Crippen LogP contribution in [0.5, 0.6) is 0 Å². The van der Waals surface area contributed by atoms with E-state index < -0.39 is 0 Å². The summed E-state index contributed by atoms with van der Waals surface area (Å²) in [4.78, 5) is 0.